The number of carbonyl (C=O) groups is 2. The number of imide groups is 1. The molecule has 0 spiro atoms. The van der Waals surface area contributed by atoms with Gasteiger partial charge in [0.2, 0.25) is 11.8 Å². The molecule has 1 aliphatic carbocycles. The molecular weight excluding hydrogens is 270 g/mol. The molecule has 5 heteroatoms. The van der Waals surface area contributed by atoms with Crippen molar-refractivity contribution >= 4 is 11.8 Å². The fourth-order valence-electron chi connectivity index (χ4n) is 2.92. The first kappa shape index (κ1) is 13.9. The number of nitrogens with zero attached hydrogens (tertiary/aromatic N) is 1. The Morgan fingerprint density at radius 2 is 1.81 bits per heavy atom. The van der Waals surface area contributed by atoms with Crippen LogP contribution in [-0.4, -0.2) is 37.0 Å². The number of methoxy groups -OCH3 is 1. The van der Waals surface area contributed by atoms with E-state index in [0.717, 1.165) is 24.3 Å². The second-order valence-electron chi connectivity index (χ2n) is 5.50. The van der Waals surface area contributed by atoms with Crippen LogP contribution in [0.1, 0.15) is 19.3 Å². The zero-order valence-corrected chi connectivity index (χ0v) is 12.1. The first-order chi connectivity index (χ1) is 10.2. The van der Waals surface area contributed by atoms with Crippen molar-refractivity contribution in [2.75, 3.05) is 20.3 Å². The summed E-state index contributed by atoms with van der Waals surface area (Å²) in [5.41, 5.74) is 0. The van der Waals surface area contributed by atoms with Gasteiger partial charge in [-0.25, -0.2) is 0 Å². The van der Waals surface area contributed by atoms with Crippen LogP contribution in [0.2, 0.25) is 0 Å². The molecule has 3 rings (SSSR count). The van der Waals surface area contributed by atoms with Crippen molar-refractivity contribution in [3.63, 3.8) is 0 Å². The summed E-state index contributed by atoms with van der Waals surface area (Å²) in [5, 5.41) is 0. The van der Waals surface area contributed by atoms with Crippen LogP contribution in [0.4, 0.5) is 0 Å². The van der Waals surface area contributed by atoms with Gasteiger partial charge in [0.1, 0.15) is 11.5 Å². The molecule has 1 heterocycles. The molecule has 0 radical (unpaired) electrons. The number of rotatable bonds is 6. The van der Waals surface area contributed by atoms with Crippen molar-refractivity contribution in [3.8, 4) is 11.5 Å². The summed E-state index contributed by atoms with van der Waals surface area (Å²) in [6, 6.07) is 7.38. The van der Waals surface area contributed by atoms with E-state index in [2.05, 4.69) is 0 Å². The largest absolute Gasteiger partial charge is 0.497 e. The van der Waals surface area contributed by atoms with E-state index in [1.54, 1.807) is 7.11 Å². The van der Waals surface area contributed by atoms with Crippen molar-refractivity contribution in [3.05, 3.63) is 24.3 Å². The molecule has 2 atom stereocenters. The molecular formula is C16H19NO4. The molecule has 0 N–H and O–H groups in total. The van der Waals surface area contributed by atoms with Gasteiger partial charge in [0.05, 0.1) is 25.6 Å². The number of hydrogen-bond acceptors (Lipinski definition) is 4. The molecule has 2 aliphatic rings. The highest BCUT2D eigenvalue weighted by atomic mass is 16.5. The van der Waals surface area contributed by atoms with Crippen LogP contribution in [0.5, 0.6) is 11.5 Å². The average Bonchev–Trinajstić information content (AvgIpc) is 2.60. The van der Waals surface area contributed by atoms with Crippen LogP contribution in [0.3, 0.4) is 0 Å². The van der Waals surface area contributed by atoms with Gasteiger partial charge in [-0.2, -0.15) is 0 Å². The fraction of sp³-hybridized carbons (Fsp3) is 0.500. The Bertz CT molecular complexity index is 535. The van der Waals surface area contributed by atoms with E-state index in [0.29, 0.717) is 19.6 Å². The lowest BCUT2D eigenvalue weighted by Gasteiger charge is -2.24. The van der Waals surface area contributed by atoms with Gasteiger partial charge >= 0.3 is 0 Å². The standard InChI is InChI=1S/C16H19NO4/c1-20-11-4-2-5-12(10-11)21-9-3-8-17-15(18)13-6-7-14(13)16(17)19/h2,4-5,10,13-14H,3,6-9H2,1H3. The van der Waals surface area contributed by atoms with Crippen LogP contribution in [0, 0.1) is 11.8 Å². The average molecular weight is 289 g/mol. The van der Waals surface area contributed by atoms with Gasteiger partial charge in [-0.15, -0.1) is 0 Å². The summed E-state index contributed by atoms with van der Waals surface area (Å²) in [5.74, 6) is 1.44. The lowest BCUT2D eigenvalue weighted by molar-refractivity contribution is -0.139. The molecule has 1 saturated carbocycles. The zero-order chi connectivity index (χ0) is 14.8. The molecule has 1 aromatic rings. The second-order valence-corrected chi connectivity index (χ2v) is 5.50. The number of carbonyl (C=O) groups excluding carboxylic acids is 2. The summed E-state index contributed by atoms with van der Waals surface area (Å²) in [7, 11) is 1.61. The van der Waals surface area contributed by atoms with Gasteiger partial charge in [-0.05, 0) is 31.4 Å². The first-order valence-electron chi connectivity index (χ1n) is 7.33. The molecule has 1 aromatic carbocycles. The normalized spacial score (nSPS) is 23.8. The minimum atomic E-state index is -0.0307. The Kier molecular flexibility index (Phi) is 3.82. The molecule has 21 heavy (non-hydrogen) atoms. The number of ether oxygens (including phenoxy) is 2. The van der Waals surface area contributed by atoms with Gasteiger partial charge in [-0.3, -0.25) is 14.5 Å². The topological polar surface area (TPSA) is 55.8 Å². The highest BCUT2D eigenvalue weighted by Crippen LogP contribution is 2.42. The monoisotopic (exact) mass is 289 g/mol. The van der Waals surface area contributed by atoms with E-state index in [1.807, 2.05) is 24.3 Å². The summed E-state index contributed by atoms with van der Waals surface area (Å²) >= 11 is 0. The van der Waals surface area contributed by atoms with Crippen LogP contribution in [0.15, 0.2) is 24.3 Å². The molecule has 1 saturated heterocycles. The summed E-state index contributed by atoms with van der Waals surface area (Å²) in [6.45, 7) is 0.925. The Balaban J connectivity index is 1.46. The number of fused-ring (bicyclic) bond motifs is 1. The molecule has 1 aliphatic heterocycles. The molecule has 2 unspecified atom stereocenters. The van der Waals surface area contributed by atoms with E-state index in [1.165, 1.54) is 4.90 Å². The minimum Gasteiger partial charge on any atom is -0.497 e. The van der Waals surface area contributed by atoms with Crippen molar-refractivity contribution in [1.29, 1.82) is 0 Å². The molecule has 112 valence electrons. The first-order valence-corrected chi connectivity index (χ1v) is 7.33. The van der Waals surface area contributed by atoms with Crippen molar-refractivity contribution in [2.24, 2.45) is 11.8 Å². The third kappa shape index (κ3) is 2.60. The van der Waals surface area contributed by atoms with E-state index in [9.17, 15) is 9.59 Å². The third-order valence-electron chi connectivity index (χ3n) is 4.28. The van der Waals surface area contributed by atoms with Gasteiger partial charge in [0, 0.05) is 12.6 Å². The molecule has 0 bridgehead atoms. The molecule has 2 amide bonds. The maximum atomic E-state index is 12.0. The zero-order valence-electron chi connectivity index (χ0n) is 12.1. The van der Waals surface area contributed by atoms with Gasteiger partial charge in [-0.1, -0.05) is 6.07 Å². The predicted octanol–water partition coefficient (Wildman–Crippen LogP) is 1.86. The Hall–Kier alpha value is -2.04. The molecule has 2 fully saturated rings. The second kappa shape index (κ2) is 5.76. The lowest BCUT2D eigenvalue weighted by atomic mass is 9.76. The summed E-state index contributed by atoms with van der Waals surface area (Å²) < 4.78 is 10.7. The van der Waals surface area contributed by atoms with Crippen LogP contribution >= 0.6 is 0 Å². The number of likely N-dealkylation sites (tertiary alicyclic amines) is 1. The SMILES string of the molecule is COc1cccc(OCCCN2C(=O)C3CCC3C2=O)c1. The van der Waals surface area contributed by atoms with Gasteiger partial charge < -0.3 is 9.47 Å². The van der Waals surface area contributed by atoms with Crippen molar-refractivity contribution in [2.45, 2.75) is 19.3 Å². The van der Waals surface area contributed by atoms with Crippen molar-refractivity contribution < 1.29 is 19.1 Å². The van der Waals surface area contributed by atoms with Crippen LogP contribution < -0.4 is 9.47 Å². The maximum Gasteiger partial charge on any atom is 0.233 e. The number of benzene rings is 1. The predicted molar refractivity (Wildman–Crippen MR) is 76.0 cm³/mol. The van der Waals surface area contributed by atoms with Gasteiger partial charge in [0.15, 0.2) is 0 Å². The smallest absolute Gasteiger partial charge is 0.233 e. The molecule has 0 aromatic heterocycles. The summed E-state index contributed by atoms with van der Waals surface area (Å²) in [6.07, 6.45) is 2.38. The molecule has 5 nitrogen and oxygen atoms in total. The highest BCUT2D eigenvalue weighted by Gasteiger charge is 2.52. The quantitative estimate of drug-likeness (QED) is 0.592. The Labute approximate surface area is 123 Å². The van der Waals surface area contributed by atoms with Gasteiger partial charge in [0.25, 0.3) is 0 Å². The third-order valence-corrected chi connectivity index (χ3v) is 4.28. The van der Waals surface area contributed by atoms with Crippen LogP contribution in [-0.2, 0) is 9.59 Å². The Morgan fingerprint density at radius 1 is 1.14 bits per heavy atom. The van der Waals surface area contributed by atoms with Crippen LogP contribution in [0.25, 0.3) is 0 Å². The van der Waals surface area contributed by atoms with E-state index in [4.69, 9.17) is 9.47 Å². The van der Waals surface area contributed by atoms with E-state index in [-0.39, 0.29) is 23.7 Å². The van der Waals surface area contributed by atoms with E-state index >= 15 is 0 Å². The maximum absolute atomic E-state index is 12.0. The minimum absolute atomic E-state index is 0.0117. The number of hydrogen-bond donors (Lipinski definition) is 0. The van der Waals surface area contributed by atoms with Crippen molar-refractivity contribution in [1.82, 2.24) is 4.90 Å². The highest BCUT2D eigenvalue weighted by molar-refractivity contribution is 6.06. The van der Waals surface area contributed by atoms with E-state index < -0.39 is 0 Å². The summed E-state index contributed by atoms with van der Waals surface area (Å²) in [4.78, 5) is 25.4. The number of amides is 2. The Morgan fingerprint density at radius 3 is 2.43 bits per heavy atom. The lowest BCUT2D eigenvalue weighted by Crippen LogP contribution is -2.32. The fourth-order valence-corrected chi connectivity index (χ4v) is 2.92.